The highest BCUT2D eigenvalue weighted by atomic mass is 79.9. The number of pyridine rings is 1. The SMILES string of the molecule is CCCCS(=O)(=O)N(C)c1cncc(Br)c1. The number of aromatic nitrogens is 1. The van der Waals surface area contributed by atoms with E-state index in [1.165, 1.54) is 10.5 Å². The molecule has 1 aromatic rings. The molecule has 0 aliphatic carbocycles. The molecule has 0 bridgehead atoms. The van der Waals surface area contributed by atoms with Crippen molar-refractivity contribution in [2.24, 2.45) is 0 Å². The van der Waals surface area contributed by atoms with Crippen molar-refractivity contribution < 1.29 is 8.42 Å². The highest BCUT2D eigenvalue weighted by Crippen LogP contribution is 2.20. The summed E-state index contributed by atoms with van der Waals surface area (Å²) in [5.74, 6) is 0.173. The number of halogens is 1. The van der Waals surface area contributed by atoms with E-state index < -0.39 is 10.0 Å². The quantitative estimate of drug-likeness (QED) is 0.839. The Hall–Kier alpha value is -0.620. The molecule has 0 aromatic carbocycles. The molecule has 0 amide bonds. The lowest BCUT2D eigenvalue weighted by molar-refractivity contribution is 0.591. The Morgan fingerprint density at radius 1 is 1.44 bits per heavy atom. The van der Waals surface area contributed by atoms with E-state index >= 15 is 0 Å². The van der Waals surface area contributed by atoms with E-state index in [-0.39, 0.29) is 5.75 Å². The molecular weight excluding hydrogens is 292 g/mol. The highest BCUT2D eigenvalue weighted by molar-refractivity contribution is 9.10. The van der Waals surface area contributed by atoms with Crippen LogP contribution in [0.3, 0.4) is 0 Å². The van der Waals surface area contributed by atoms with Crippen LogP contribution in [-0.4, -0.2) is 26.2 Å². The third-order valence-electron chi connectivity index (χ3n) is 2.23. The Balaban J connectivity index is 2.89. The molecule has 0 saturated heterocycles. The van der Waals surface area contributed by atoms with E-state index in [0.717, 1.165) is 10.9 Å². The molecule has 90 valence electrons. The van der Waals surface area contributed by atoms with Crippen molar-refractivity contribution in [3.8, 4) is 0 Å². The molecule has 0 radical (unpaired) electrons. The summed E-state index contributed by atoms with van der Waals surface area (Å²) in [6, 6.07) is 1.73. The fourth-order valence-electron chi connectivity index (χ4n) is 1.20. The van der Waals surface area contributed by atoms with Gasteiger partial charge < -0.3 is 0 Å². The van der Waals surface area contributed by atoms with Gasteiger partial charge >= 0.3 is 0 Å². The van der Waals surface area contributed by atoms with Gasteiger partial charge in [0.15, 0.2) is 0 Å². The number of nitrogens with zero attached hydrogens (tertiary/aromatic N) is 2. The largest absolute Gasteiger partial charge is 0.272 e. The maximum Gasteiger partial charge on any atom is 0.234 e. The second-order valence-corrected chi connectivity index (χ2v) is 6.53. The molecule has 1 rings (SSSR count). The number of sulfonamides is 1. The van der Waals surface area contributed by atoms with Crippen LogP contribution in [0.4, 0.5) is 5.69 Å². The van der Waals surface area contributed by atoms with Crippen molar-refractivity contribution in [1.82, 2.24) is 4.98 Å². The van der Waals surface area contributed by atoms with Gasteiger partial charge in [-0.05, 0) is 28.4 Å². The van der Waals surface area contributed by atoms with Gasteiger partial charge in [-0.25, -0.2) is 8.42 Å². The van der Waals surface area contributed by atoms with E-state index in [1.54, 1.807) is 19.3 Å². The van der Waals surface area contributed by atoms with Gasteiger partial charge in [0.1, 0.15) is 0 Å². The summed E-state index contributed by atoms with van der Waals surface area (Å²) in [4.78, 5) is 3.95. The normalized spacial score (nSPS) is 11.4. The smallest absolute Gasteiger partial charge is 0.234 e. The average Bonchev–Trinajstić information content (AvgIpc) is 2.25. The van der Waals surface area contributed by atoms with Crippen LogP contribution in [0.1, 0.15) is 19.8 Å². The molecule has 0 saturated carbocycles. The van der Waals surface area contributed by atoms with Gasteiger partial charge in [-0.15, -0.1) is 0 Å². The molecule has 4 nitrogen and oxygen atoms in total. The molecule has 6 heteroatoms. The summed E-state index contributed by atoms with van der Waals surface area (Å²) in [6.07, 6.45) is 4.70. The van der Waals surface area contributed by atoms with Crippen molar-refractivity contribution in [2.75, 3.05) is 17.1 Å². The molecule has 1 heterocycles. The minimum Gasteiger partial charge on any atom is -0.272 e. The van der Waals surface area contributed by atoms with Crippen molar-refractivity contribution in [3.63, 3.8) is 0 Å². The first-order valence-corrected chi connectivity index (χ1v) is 7.44. The van der Waals surface area contributed by atoms with Crippen LogP contribution in [0.15, 0.2) is 22.9 Å². The summed E-state index contributed by atoms with van der Waals surface area (Å²) < 4.78 is 25.8. The zero-order valence-electron chi connectivity index (χ0n) is 9.35. The van der Waals surface area contributed by atoms with E-state index in [4.69, 9.17) is 0 Å². The van der Waals surface area contributed by atoms with Crippen LogP contribution in [0, 0.1) is 0 Å². The van der Waals surface area contributed by atoms with Crippen LogP contribution in [0.2, 0.25) is 0 Å². The highest BCUT2D eigenvalue weighted by Gasteiger charge is 2.17. The first kappa shape index (κ1) is 13.4. The molecular formula is C10H15BrN2O2S. The molecule has 0 aliphatic heterocycles. The minimum atomic E-state index is -3.22. The molecule has 0 N–H and O–H groups in total. The number of anilines is 1. The average molecular weight is 307 g/mol. The number of rotatable bonds is 5. The summed E-state index contributed by atoms with van der Waals surface area (Å²) in [6.45, 7) is 1.97. The van der Waals surface area contributed by atoms with E-state index in [0.29, 0.717) is 12.1 Å². The van der Waals surface area contributed by atoms with Crippen molar-refractivity contribution >= 4 is 31.6 Å². The zero-order valence-corrected chi connectivity index (χ0v) is 11.8. The van der Waals surface area contributed by atoms with Crippen LogP contribution < -0.4 is 4.31 Å². The maximum absolute atomic E-state index is 11.9. The van der Waals surface area contributed by atoms with Gasteiger partial charge in [0, 0.05) is 17.7 Å². The topological polar surface area (TPSA) is 50.3 Å². The monoisotopic (exact) mass is 306 g/mol. The minimum absolute atomic E-state index is 0.173. The Morgan fingerprint density at radius 3 is 2.69 bits per heavy atom. The summed E-state index contributed by atoms with van der Waals surface area (Å²) in [5.41, 5.74) is 0.575. The second-order valence-electron chi connectivity index (χ2n) is 3.50. The molecule has 0 aliphatic rings. The van der Waals surface area contributed by atoms with Gasteiger partial charge in [0.05, 0.1) is 17.6 Å². The zero-order chi connectivity index (χ0) is 12.2. The van der Waals surface area contributed by atoms with Crippen LogP contribution in [0.25, 0.3) is 0 Å². The third kappa shape index (κ3) is 3.45. The van der Waals surface area contributed by atoms with E-state index in [9.17, 15) is 8.42 Å². The Labute approximate surface area is 105 Å². The number of hydrogen-bond donors (Lipinski definition) is 0. The van der Waals surface area contributed by atoms with Crippen LogP contribution >= 0.6 is 15.9 Å². The van der Waals surface area contributed by atoms with Gasteiger partial charge in [0.25, 0.3) is 0 Å². The standard InChI is InChI=1S/C10H15BrN2O2S/c1-3-4-5-16(14,15)13(2)10-6-9(11)7-12-8-10/h6-8H,3-5H2,1-2H3. The maximum atomic E-state index is 11.9. The van der Waals surface area contributed by atoms with Crippen molar-refractivity contribution in [1.29, 1.82) is 0 Å². The Kier molecular flexibility index (Phi) is 4.73. The Morgan fingerprint density at radius 2 is 2.12 bits per heavy atom. The van der Waals surface area contributed by atoms with Gasteiger partial charge in [-0.1, -0.05) is 13.3 Å². The van der Waals surface area contributed by atoms with Crippen molar-refractivity contribution in [2.45, 2.75) is 19.8 Å². The third-order valence-corrected chi connectivity index (χ3v) is 4.51. The lowest BCUT2D eigenvalue weighted by atomic mass is 10.4. The molecule has 0 unspecified atom stereocenters. The van der Waals surface area contributed by atoms with Gasteiger partial charge in [-0.3, -0.25) is 9.29 Å². The predicted molar refractivity (Wildman–Crippen MR) is 69.0 cm³/mol. The molecule has 0 fully saturated rings. The number of hydrogen-bond acceptors (Lipinski definition) is 3. The fraction of sp³-hybridized carbons (Fsp3) is 0.500. The first-order valence-electron chi connectivity index (χ1n) is 5.04. The fourth-order valence-corrected chi connectivity index (χ4v) is 2.90. The molecule has 0 atom stereocenters. The Bertz CT molecular complexity index is 448. The molecule has 0 spiro atoms. The van der Waals surface area contributed by atoms with E-state index in [2.05, 4.69) is 20.9 Å². The van der Waals surface area contributed by atoms with Crippen molar-refractivity contribution in [3.05, 3.63) is 22.9 Å². The lowest BCUT2D eigenvalue weighted by Crippen LogP contribution is -2.29. The summed E-state index contributed by atoms with van der Waals surface area (Å²) >= 11 is 3.27. The molecule has 16 heavy (non-hydrogen) atoms. The lowest BCUT2D eigenvalue weighted by Gasteiger charge is -2.18. The first-order chi connectivity index (χ1) is 7.47. The van der Waals surface area contributed by atoms with Crippen LogP contribution in [0.5, 0.6) is 0 Å². The van der Waals surface area contributed by atoms with Gasteiger partial charge in [0.2, 0.25) is 10.0 Å². The second kappa shape index (κ2) is 5.63. The van der Waals surface area contributed by atoms with E-state index in [1.807, 2.05) is 6.92 Å². The van der Waals surface area contributed by atoms with Crippen LogP contribution in [-0.2, 0) is 10.0 Å². The van der Waals surface area contributed by atoms with Gasteiger partial charge in [-0.2, -0.15) is 0 Å². The molecule has 1 aromatic heterocycles. The summed E-state index contributed by atoms with van der Waals surface area (Å²) in [5, 5.41) is 0. The number of unbranched alkanes of at least 4 members (excludes halogenated alkanes) is 1. The predicted octanol–water partition coefficient (Wildman–Crippen LogP) is 2.41. The summed E-state index contributed by atoms with van der Waals surface area (Å²) in [7, 11) is -1.67.